The summed E-state index contributed by atoms with van der Waals surface area (Å²) < 4.78 is 42.4. The first-order valence-corrected chi connectivity index (χ1v) is 4.42. The third kappa shape index (κ3) is 3.20. The lowest BCUT2D eigenvalue weighted by Crippen LogP contribution is -2.08. The van der Waals surface area contributed by atoms with Crippen molar-refractivity contribution in [3.8, 4) is 5.75 Å². The molecule has 0 aliphatic heterocycles. The minimum absolute atomic E-state index is 0.000903. The Kier molecular flexibility index (Phi) is 3.72. The van der Waals surface area contributed by atoms with Crippen LogP contribution in [0.5, 0.6) is 5.75 Å². The van der Waals surface area contributed by atoms with Crippen LogP contribution in [0.15, 0.2) is 24.4 Å². The van der Waals surface area contributed by atoms with E-state index < -0.39 is 22.4 Å². The fraction of sp³-hybridized carbons (Fsp3) is 0.200. The highest BCUT2D eigenvalue weighted by molar-refractivity contribution is 5.59. The lowest BCUT2D eigenvalue weighted by molar-refractivity contribution is -0.400. The van der Waals surface area contributed by atoms with Crippen LogP contribution in [-0.4, -0.2) is 12.0 Å². The fourth-order valence-electron chi connectivity index (χ4n) is 1.28. The smallest absolute Gasteiger partial charge is 0.419 e. The van der Waals surface area contributed by atoms with Gasteiger partial charge in [0.1, 0.15) is 5.75 Å². The van der Waals surface area contributed by atoms with E-state index in [2.05, 4.69) is 4.74 Å². The molecule has 1 aromatic rings. The fourth-order valence-corrected chi connectivity index (χ4v) is 1.28. The van der Waals surface area contributed by atoms with Crippen LogP contribution < -0.4 is 4.74 Å². The largest absolute Gasteiger partial charge is 0.495 e. The molecule has 0 atom stereocenters. The zero-order valence-corrected chi connectivity index (χ0v) is 8.69. The van der Waals surface area contributed by atoms with Gasteiger partial charge in [-0.15, -0.1) is 0 Å². The number of halogens is 3. The van der Waals surface area contributed by atoms with E-state index in [0.29, 0.717) is 6.20 Å². The molecule has 0 aromatic heterocycles. The molecule has 0 heterocycles. The molecule has 0 amide bonds. The second-order valence-electron chi connectivity index (χ2n) is 3.03. The number of nitrogens with zero attached hydrogens (tertiary/aromatic N) is 1. The third-order valence-electron chi connectivity index (χ3n) is 1.93. The highest BCUT2D eigenvalue weighted by atomic mass is 19.4. The molecule has 0 bridgehead atoms. The Morgan fingerprint density at radius 1 is 1.41 bits per heavy atom. The van der Waals surface area contributed by atoms with Gasteiger partial charge in [0.05, 0.1) is 17.6 Å². The Morgan fingerprint density at radius 2 is 2.06 bits per heavy atom. The van der Waals surface area contributed by atoms with Gasteiger partial charge in [0, 0.05) is 11.6 Å². The van der Waals surface area contributed by atoms with Crippen molar-refractivity contribution >= 4 is 6.08 Å². The van der Waals surface area contributed by atoms with Crippen molar-refractivity contribution in [2.75, 3.05) is 7.11 Å². The van der Waals surface area contributed by atoms with E-state index in [4.69, 9.17) is 0 Å². The van der Waals surface area contributed by atoms with Crippen molar-refractivity contribution in [2.24, 2.45) is 0 Å². The maximum absolute atomic E-state index is 12.6. The number of alkyl halides is 3. The molecule has 7 heteroatoms. The number of hydrogen-bond acceptors (Lipinski definition) is 3. The highest BCUT2D eigenvalue weighted by Crippen LogP contribution is 2.38. The minimum atomic E-state index is -4.57. The summed E-state index contributed by atoms with van der Waals surface area (Å²) in [6.45, 7) is 0. The standard InChI is InChI=1S/C10H8F3NO3/c1-17-9-7(5-6-14(15)16)3-2-4-8(9)10(11,12)13/h2-6H,1H3/b6-5+. The summed E-state index contributed by atoms with van der Waals surface area (Å²) in [5.74, 6) is -0.432. The van der Waals surface area contributed by atoms with Crippen LogP contribution in [0.25, 0.3) is 6.08 Å². The van der Waals surface area contributed by atoms with Crippen molar-refractivity contribution in [1.29, 1.82) is 0 Å². The maximum Gasteiger partial charge on any atom is 0.419 e. The van der Waals surface area contributed by atoms with E-state index in [9.17, 15) is 23.3 Å². The number of methoxy groups -OCH3 is 1. The molecule has 0 aliphatic rings. The predicted octanol–water partition coefficient (Wildman–Crippen LogP) is 2.96. The van der Waals surface area contributed by atoms with Gasteiger partial charge in [0.15, 0.2) is 0 Å². The number of ether oxygens (including phenoxy) is 1. The van der Waals surface area contributed by atoms with Gasteiger partial charge in [-0.3, -0.25) is 10.1 Å². The lowest BCUT2D eigenvalue weighted by Gasteiger charge is -2.13. The quantitative estimate of drug-likeness (QED) is 0.609. The zero-order valence-electron chi connectivity index (χ0n) is 8.69. The Morgan fingerprint density at radius 3 is 2.53 bits per heavy atom. The number of nitro groups is 1. The maximum atomic E-state index is 12.6. The van der Waals surface area contributed by atoms with E-state index in [1.807, 2.05) is 0 Å². The zero-order chi connectivity index (χ0) is 13.1. The van der Waals surface area contributed by atoms with Crippen molar-refractivity contribution in [3.63, 3.8) is 0 Å². The molecule has 17 heavy (non-hydrogen) atoms. The van der Waals surface area contributed by atoms with Gasteiger partial charge in [-0.1, -0.05) is 12.1 Å². The van der Waals surface area contributed by atoms with E-state index in [1.165, 1.54) is 6.07 Å². The lowest BCUT2D eigenvalue weighted by atomic mass is 10.1. The van der Waals surface area contributed by atoms with Gasteiger partial charge >= 0.3 is 6.18 Å². The average molecular weight is 247 g/mol. The van der Waals surface area contributed by atoms with E-state index in [-0.39, 0.29) is 5.56 Å². The van der Waals surface area contributed by atoms with Crippen LogP contribution in [0.1, 0.15) is 11.1 Å². The number of benzene rings is 1. The van der Waals surface area contributed by atoms with Crippen LogP contribution in [0.4, 0.5) is 13.2 Å². The topological polar surface area (TPSA) is 52.4 Å². The molecule has 4 nitrogen and oxygen atoms in total. The second-order valence-corrected chi connectivity index (χ2v) is 3.03. The van der Waals surface area contributed by atoms with Gasteiger partial charge < -0.3 is 4.74 Å². The second kappa shape index (κ2) is 4.86. The third-order valence-corrected chi connectivity index (χ3v) is 1.93. The molecule has 0 saturated carbocycles. The number of rotatable bonds is 3. The summed E-state index contributed by atoms with van der Waals surface area (Å²) in [6.07, 6.45) is -3.06. The molecule has 1 rings (SSSR count). The van der Waals surface area contributed by atoms with Crippen molar-refractivity contribution in [3.05, 3.63) is 45.6 Å². The van der Waals surface area contributed by atoms with Gasteiger partial charge in [-0.2, -0.15) is 13.2 Å². The summed E-state index contributed by atoms with van der Waals surface area (Å²) in [6, 6.07) is 3.31. The first-order valence-electron chi connectivity index (χ1n) is 4.42. The Balaban J connectivity index is 3.29. The molecule has 0 N–H and O–H groups in total. The van der Waals surface area contributed by atoms with Crippen LogP contribution in [0.2, 0.25) is 0 Å². The van der Waals surface area contributed by atoms with Crippen molar-refractivity contribution < 1.29 is 22.8 Å². The van der Waals surface area contributed by atoms with E-state index in [0.717, 1.165) is 25.3 Å². The van der Waals surface area contributed by atoms with Gasteiger partial charge in [-0.25, -0.2) is 0 Å². The summed E-state index contributed by atoms with van der Waals surface area (Å²) in [5, 5.41) is 10.1. The minimum Gasteiger partial charge on any atom is -0.495 e. The first-order chi connectivity index (χ1) is 7.86. The normalized spacial score (nSPS) is 11.8. The van der Waals surface area contributed by atoms with Crippen LogP contribution in [-0.2, 0) is 6.18 Å². The molecular weight excluding hydrogens is 239 g/mol. The summed E-state index contributed by atoms with van der Waals surface area (Å²) in [4.78, 5) is 9.35. The van der Waals surface area contributed by atoms with Crippen molar-refractivity contribution in [1.82, 2.24) is 0 Å². The summed E-state index contributed by atoms with van der Waals surface area (Å²) in [7, 11) is 1.08. The van der Waals surface area contributed by atoms with Crippen LogP contribution >= 0.6 is 0 Å². The van der Waals surface area contributed by atoms with Gasteiger partial charge in [-0.05, 0) is 6.07 Å². The van der Waals surface area contributed by atoms with E-state index >= 15 is 0 Å². The van der Waals surface area contributed by atoms with Crippen LogP contribution in [0.3, 0.4) is 0 Å². The number of para-hydroxylation sites is 1. The van der Waals surface area contributed by atoms with E-state index in [1.54, 1.807) is 0 Å². The van der Waals surface area contributed by atoms with Crippen LogP contribution in [0, 0.1) is 10.1 Å². The molecule has 0 saturated heterocycles. The molecule has 0 spiro atoms. The van der Waals surface area contributed by atoms with Crippen molar-refractivity contribution in [2.45, 2.75) is 6.18 Å². The average Bonchev–Trinajstić information content (AvgIpc) is 2.24. The SMILES string of the molecule is COc1c(/C=C/[N+](=O)[O-])cccc1C(F)(F)F. The predicted molar refractivity (Wildman–Crippen MR) is 54.0 cm³/mol. The Hall–Kier alpha value is -2.05. The number of hydrogen-bond donors (Lipinski definition) is 0. The Labute approximate surface area is 94.5 Å². The Bertz CT molecular complexity index is 455. The summed E-state index contributed by atoms with van der Waals surface area (Å²) in [5.41, 5.74) is -0.968. The summed E-state index contributed by atoms with van der Waals surface area (Å²) >= 11 is 0. The molecule has 92 valence electrons. The molecule has 0 fully saturated rings. The van der Waals surface area contributed by atoms with Gasteiger partial charge in [0.2, 0.25) is 6.20 Å². The monoisotopic (exact) mass is 247 g/mol. The molecule has 1 aromatic carbocycles. The molecule has 0 unspecified atom stereocenters. The van der Waals surface area contributed by atoms with Gasteiger partial charge in [0.25, 0.3) is 0 Å². The highest BCUT2D eigenvalue weighted by Gasteiger charge is 2.34. The molecular formula is C10H8F3NO3. The molecule has 0 aliphatic carbocycles. The molecule has 0 radical (unpaired) electrons. The first kappa shape index (κ1) is 13.0.